The number of benzene rings is 1. The molecule has 160 valence electrons. The molecule has 3 amide bonds. The molecule has 1 heterocycles. The first-order valence-electron chi connectivity index (χ1n) is 9.82. The molecule has 1 aliphatic heterocycles. The zero-order valence-corrected chi connectivity index (χ0v) is 16.8. The van der Waals surface area contributed by atoms with E-state index in [4.69, 9.17) is 18.9 Å². The first-order chi connectivity index (χ1) is 14.0. The van der Waals surface area contributed by atoms with Crippen molar-refractivity contribution in [3.05, 3.63) is 18.2 Å². The molecule has 0 saturated carbocycles. The molecule has 1 fully saturated rings. The van der Waals surface area contributed by atoms with E-state index < -0.39 is 30.6 Å². The van der Waals surface area contributed by atoms with Gasteiger partial charge in [-0.25, -0.2) is 9.59 Å². The Balaban J connectivity index is 1.84. The van der Waals surface area contributed by atoms with Gasteiger partial charge in [0.05, 0.1) is 13.2 Å². The normalized spacial score (nSPS) is 15.4. The van der Waals surface area contributed by atoms with Gasteiger partial charge in [0.15, 0.2) is 24.2 Å². The van der Waals surface area contributed by atoms with E-state index in [1.807, 2.05) is 13.8 Å². The lowest BCUT2D eigenvalue weighted by molar-refractivity contribution is -0.157. The van der Waals surface area contributed by atoms with Crippen LogP contribution in [-0.4, -0.2) is 50.4 Å². The van der Waals surface area contributed by atoms with Crippen molar-refractivity contribution in [3.8, 4) is 11.5 Å². The highest BCUT2D eigenvalue weighted by atomic mass is 16.6. The molecular formula is C20H28N2O7. The quantitative estimate of drug-likeness (QED) is 0.572. The molecule has 29 heavy (non-hydrogen) atoms. The summed E-state index contributed by atoms with van der Waals surface area (Å²) < 4.78 is 21.3. The number of imide groups is 1. The van der Waals surface area contributed by atoms with E-state index >= 15 is 0 Å². The van der Waals surface area contributed by atoms with Crippen molar-refractivity contribution in [2.45, 2.75) is 45.6 Å². The number of carbonyl (C=O) groups excluding carboxylic acids is 3. The molecule has 2 N–H and O–H groups in total. The van der Waals surface area contributed by atoms with Crippen LogP contribution in [0.3, 0.4) is 0 Å². The van der Waals surface area contributed by atoms with E-state index in [9.17, 15) is 14.4 Å². The zero-order valence-electron chi connectivity index (χ0n) is 16.8. The summed E-state index contributed by atoms with van der Waals surface area (Å²) in [5.74, 6) is -0.240. The second-order valence-electron chi connectivity index (χ2n) is 6.47. The maximum Gasteiger partial charge on any atom is 0.335 e. The summed E-state index contributed by atoms with van der Waals surface area (Å²) in [6.45, 7) is 4.99. The van der Waals surface area contributed by atoms with Crippen molar-refractivity contribution in [3.63, 3.8) is 0 Å². The Kier molecular flexibility index (Phi) is 9.23. The molecule has 9 heteroatoms. The number of carbonyl (C=O) groups is 3. The van der Waals surface area contributed by atoms with Crippen LogP contribution in [0.15, 0.2) is 18.2 Å². The van der Waals surface area contributed by atoms with Crippen LogP contribution in [0, 0.1) is 0 Å². The molecule has 9 nitrogen and oxygen atoms in total. The van der Waals surface area contributed by atoms with Crippen LogP contribution >= 0.6 is 0 Å². The Bertz CT molecular complexity index is 702. The topological polar surface area (TPSA) is 112 Å². The molecule has 0 radical (unpaired) electrons. The van der Waals surface area contributed by atoms with Crippen molar-refractivity contribution in [1.82, 2.24) is 5.32 Å². The first-order valence-corrected chi connectivity index (χ1v) is 9.82. The average molecular weight is 408 g/mol. The fraction of sp³-hybridized carbons (Fsp3) is 0.550. The molecular weight excluding hydrogens is 380 g/mol. The Morgan fingerprint density at radius 2 is 1.83 bits per heavy atom. The maximum atomic E-state index is 12.0. The minimum absolute atomic E-state index is 0.432. The van der Waals surface area contributed by atoms with E-state index in [-0.39, 0.29) is 0 Å². The second kappa shape index (κ2) is 11.9. The van der Waals surface area contributed by atoms with E-state index in [1.165, 1.54) is 0 Å². The summed E-state index contributed by atoms with van der Waals surface area (Å²) in [7, 11) is 0. The first kappa shape index (κ1) is 22.5. The number of hydrogen-bond acceptors (Lipinski definition) is 7. The fourth-order valence-corrected chi connectivity index (χ4v) is 2.56. The van der Waals surface area contributed by atoms with Crippen molar-refractivity contribution in [2.24, 2.45) is 0 Å². The standard InChI is InChI=1S/C20H28N2O7/c1-3-9-26-15-8-7-14(12-17(15)27-10-4-2)21-20(25)22-18(23)13-29-19(24)16-6-5-11-28-16/h7-8,12,16H,3-6,9-11,13H2,1-2H3,(H2,21,22,23,25)/t16-/m0/s1. The van der Waals surface area contributed by atoms with Gasteiger partial charge < -0.3 is 24.3 Å². The SMILES string of the molecule is CCCOc1ccc(NC(=O)NC(=O)COC(=O)[C@@H]2CCCO2)cc1OCCC. The van der Waals surface area contributed by atoms with E-state index in [0.717, 1.165) is 19.3 Å². The number of hydrogen-bond donors (Lipinski definition) is 2. The fourth-order valence-electron chi connectivity index (χ4n) is 2.56. The van der Waals surface area contributed by atoms with Gasteiger partial charge in [0, 0.05) is 18.4 Å². The highest BCUT2D eigenvalue weighted by molar-refractivity contribution is 6.02. The molecule has 1 saturated heterocycles. The van der Waals surface area contributed by atoms with Crippen LogP contribution in [-0.2, 0) is 19.1 Å². The lowest BCUT2D eigenvalue weighted by Crippen LogP contribution is -2.38. The third kappa shape index (κ3) is 7.61. The van der Waals surface area contributed by atoms with Gasteiger partial charge in [-0.05, 0) is 37.8 Å². The molecule has 0 bridgehead atoms. The Labute approximate surface area is 170 Å². The summed E-state index contributed by atoms with van der Waals surface area (Å²) in [5.41, 5.74) is 0.432. The highest BCUT2D eigenvalue weighted by Crippen LogP contribution is 2.31. The highest BCUT2D eigenvalue weighted by Gasteiger charge is 2.25. The van der Waals surface area contributed by atoms with Crippen LogP contribution in [0.25, 0.3) is 0 Å². The number of nitrogens with one attached hydrogen (secondary N) is 2. The van der Waals surface area contributed by atoms with Crippen LogP contribution in [0.4, 0.5) is 10.5 Å². The number of amides is 3. The summed E-state index contributed by atoms with van der Waals surface area (Å²) >= 11 is 0. The molecule has 1 aromatic rings. The van der Waals surface area contributed by atoms with Gasteiger partial charge >= 0.3 is 12.0 Å². The second-order valence-corrected chi connectivity index (χ2v) is 6.47. The largest absolute Gasteiger partial charge is 0.490 e. The van der Waals surface area contributed by atoms with Gasteiger partial charge in [-0.3, -0.25) is 10.1 Å². The van der Waals surface area contributed by atoms with Crippen LogP contribution < -0.4 is 20.1 Å². The number of rotatable bonds is 10. The van der Waals surface area contributed by atoms with E-state index in [0.29, 0.717) is 43.4 Å². The third-order valence-electron chi connectivity index (χ3n) is 3.92. The average Bonchev–Trinajstić information content (AvgIpc) is 3.24. The lowest BCUT2D eigenvalue weighted by atomic mass is 10.2. The molecule has 1 aromatic carbocycles. The third-order valence-corrected chi connectivity index (χ3v) is 3.92. The predicted octanol–water partition coefficient (Wildman–Crippen LogP) is 2.63. The molecule has 1 aliphatic rings. The molecule has 0 aromatic heterocycles. The van der Waals surface area contributed by atoms with Crippen molar-refractivity contribution >= 4 is 23.6 Å². The Hall–Kier alpha value is -2.81. The Morgan fingerprint density at radius 1 is 1.10 bits per heavy atom. The van der Waals surface area contributed by atoms with Crippen molar-refractivity contribution < 1.29 is 33.3 Å². The van der Waals surface area contributed by atoms with Crippen molar-refractivity contribution in [2.75, 3.05) is 31.7 Å². The number of anilines is 1. The van der Waals surface area contributed by atoms with Gasteiger partial charge in [0.1, 0.15) is 0 Å². The van der Waals surface area contributed by atoms with Crippen LogP contribution in [0.1, 0.15) is 39.5 Å². The minimum atomic E-state index is -0.744. The van der Waals surface area contributed by atoms with Crippen LogP contribution in [0.2, 0.25) is 0 Å². The number of esters is 1. The molecule has 0 aliphatic carbocycles. The van der Waals surface area contributed by atoms with Crippen LogP contribution in [0.5, 0.6) is 11.5 Å². The lowest BCUT2D eigenvalue weighted by Gasteiger charge is -2.14. The molecule has 2 rings (SSSR count). The molecule has 1 atom stereocenters. The number of urea groups is 1. The predicted molar refractivity (Wildman–Crippen MR) is 105 cm³/mol. The monoisotopic (exact) mass is 408 g/mol. The van der Waals surface area contributed by atoms with Gasteiger partial charge in [0.25, 0.3) is 5.91 Å². The van der Waals surface area contributed by atoms with E-state index in [1.54, 1.807) is 18.2 Å². The number of ether oxygens (including phenoxy) is 4. The minimum Gasteiger partial charge on any atom is -0.490 e. The summed E-state index contributed by atoms with van der Waals surface area (Å²) in [6.07, 6.45) is 2.40. The summed E-state index contributed by atoms with van der Waals surface area (Å²) in [4.78, 5) is 35.5. The Morgan fingerprint density at radius 3 is 2.48 bits per heavy atom. The molecule has 0 unspecified atom stereocenters. The van der Waals surface area contributed by atoms with Gasteiger partial charge in [0.2, 0.25) is 0 Å². The van der Waals surface area contributed by atoms with Gasteiger partial charge in [-0.2, -0.15) is 0 Å². The maximum absolute atomic E-state index is 12.0. The molecule has 0 spiro atoms. The smallest absolute Gasteiger partial charge is 0.335 e. The van der Waals surface area contributed by atoms with E-state index in [2.05, 4.69) is 10.6 Å². The van der Waals surface area contributed by atoms with Gasteiger partial charge in [-0.15, -0.1) is 0 Å². The van der Waals surface area contributed by atoms with Gasteiger partial charge in [-0.1, -0.05) is 13.8 Å². The zero-order chi connectivity index (χ0) is 21.1. The summed E-state index contributed by atoms with van der Waals surface area (Å²) in [6, 6.07) is 4.22. The summed E-state index contributed by atoms with van der Waals surface area (Å²) in [5, 5.41) is 4.65. The van der Waals surface area contributed by atoms with Crippen molar-refractivity contribution in [1.29, 1.82) is 0 Å².